The highest BCUT2D eigenvalue weighted by molar-refractivity contribution is 7.89. The highest BCUT2D eigenvalue weighted by Crippen LogP contribution is 2.31. The molecule has 0 bridgehead atoms. The zero-order chi connectivity index (χ0) is 14.2. The second-order valence-corrected chi connectivity index (χ2v) is 5.71. The van der Waals surface area contributed by atoms with Crippen LogP contribution in [-0.4, -0.2) is 18.6 Å². The van der Waals surface area contributed by atoms with Gasteiger partial charge in [0.1, 0.15) is 5.75 Å². The molecule has 0 fully saturated rings. The Morgan fingerprint density at radius 2 is 1.95 bits per heavy atom. The number of primary sulfonamides is 1. The van der Waals surface area contributed by atoms with E-state index < -0.39 is 10.0 Å². The number of ether oxygens (including phenoxy) is 1. The van der Waals surface area contributed by atoms with Crippen LogP contribution in [-0.2, 0) is 10.0 Å². The summed E-state index contributed by atoms with van der Waals surface area (Å²) >= 11 is 0. The Hall–Kier alpha value is -2.06. The number of aromatic amines is 1. The van der Waals surface area contributed by atoms with Gasteiger partial charge in [0.05, 0.1) is 4.90 Å². The van der Waals surface area contributed by atoms with Crippen LogP contribution < -0.4 is 15.6 Å². The maximum atomic E-state index is 11.5. The van der Waals surface area contributed by atoms with E-state index in [1.807, 2.05) is 6.92 Å². The molecule has 0 aliphatic heterocycles. The van der Waals surface area contributed by atoms with E-state index >= 15 is 0 Å². The highest BCUT2D eigenvalue weighted by Gasteiger charge is 2.17. The average molecular weight is 282 g/mol. The first-order valence-corrected chi connectivity index (χ1v) is 6.95. The molecule has 7 nitrogen and oxygen atoms in total. The van der Waals surface area contributed by atoms with E-state index in [4.69, 9.17) is 15.6 Å². The molecule has 0 aliphatic carbocycles. The summed E-state index contributed by atoms with van der Waals surface area (Å²) < 4.78 is 28.4. The average Bonchev–Trinajstić information content (AvgIpc) is 2.67. The monoisotopic (exact) mass is 282 g/mol. The first kappa shape index (κ1) is 13.4. The van der Waals surface area contributed by atoms with Gasteiger partial charge in [0.2, 0.25) is 15.9 Å². The van der Waals surface area contributed by atoms with Crippen molar-refractivity contribution in [3.63, 3.8) is 0 Å². The standard InChI is InChI=1S/C11H14N4O3S/c1-6-3-11(15-14-6)18-9-4-8(12)5-10(7(9)2)19(13,16)17/h3-5H,12H2,1-2H3,(H,14,15)(H2,13,16,17). The molecule has 0 aliphatic rings. The number of hydrogen-bond acceptors (Lipinski definition) is 5. The lowest BCUT2D eigenvalue weighted by Crippen LogP contribution is -2.14. The van der Waals surface area contributed by atoms with Crippen molar-refractivity contribution in [2.24, 2.45) is 5.14 Å². The molecule has 0 saturated heterocycles. The zero-order valence-corrected chi connectivity index (χ0v) is 11.3. The Bertz CT molecular complexity index is 722. The molecule has 5 N–H and O–H groups in total. The summed E-state index contributed by atoms with van der Waals surface area (Å²) in [6.07, 6.45) is 0. The van der Waals surface area contributed by atoms with Crippen molar-refractivity contribution in [3.05, 3.63) is 29.5 Å². The Morgan fingerprint density at radius 1 is 1.26 bits per heavy atom. The minimum Gasteiger partial charge on any atom is -0.437 e. The van der Waals surface area contributed by atoms with Crippen molar-refractivity contribution in [1.29, 1.82) is 0 Å². The molecule has 2 aromatic rings. The van der Waals surface area contributed by atoms with Gasteiger partial charge in [-0.25, -0.2) is 13.6 Å². The highest BCUT2D eigenvalue weighted by atomic mass is 32.2. The largest absolute Gasteiger partial charge is 0.437 e. The van der Waals surface area contributed by atoms with Crippen molar-refractivity contribution in [2.75, 3.05) is 5.73 Å². The SMILES string of the molecule is Cc1cc(Oc2cc(N)cc(S(N)(=O)=O)c2C)n[nH]1. The fourth-order valence-electron chi connectivity index (χ4n) is 1.64. The van der Waals surface area contributed by atoms with Gasteiger partial charge in [0.15, 0.2) is 0 Å². The minimum atomic E-state index is -3.85. The maximum absolute atomic E-state index is 11.5. The molecular formula is C11H14N4O3S. The lowest BCUT2D eigenvalue weighted by molar-refractivity contribution is 0.456. The van der Waals surface area contributed by atoms with Crippen molar-refractivity contribution in [1.82, 2.24) is 10.2 Å². The molecule has 0 radical (unpaired) electrons. The van der Waals surface area contributed by atoms with E-state index in [0.29, 0.717) is 17.2 Å². The molecule has 19 heavy (non-hydrogen) atoms. The molecule has 0 saturated carbocycles. The third kappa shape index (κ3) is 2.85. The summed E-state index contributed by atoms with van der Waals surface area (Å²) in [7, 11) is -3.85. The number of benzene rings is 1. The van der Waals surface area contributed by atoms with E-state index in [1.165, 1.54) is 12.1 Å². The van der Waals surface area contributed by atoms with Crippen LogP contribution >= 0.6 is 0 Å². The molecule has 102 valence electrons. The minimum absolute atomic E-state index is 0.0604. The molecular weight excluding hydrogens is 268 g/mol. The number of rotatable bonds is 3. The lowest BCUT2D eigenvalue weighted by Gasteiger charge is -2.11. The third-order valence-electron chi connectivity index (χ3n) is 2.54. The number of nitrogens with two attached hydrogens (primary N) is 2. The maximum Gasteiger partial charge on any atom is 0.238 e. The van der Waals surface area contributed by atoms with Gasteiger partial charge in [-0.05, 0) is 19.9 Å². The van der Waals surface area contributed by atoms with Crippen LogP contribution in [0.4, 0.5) is 5.69 Å². The molecule has 8 heteroatoms. The number of nitrogens with zero attached hydrogens (tertiary/aromatic N) is 1. The quantitative estimate of drug-likeness (QED) is 0.726. The smallest absolute Gasteiger partial charge is 0.238 e. The van der Waals surface area contributed by atoms with Crippen molar-refractivity contribution < 1.29 is 13.2 Å². The predicted molar refractivity (Wildman–Crippen MR) is 70.4 cm³/mol. The number of sulfonamides is 1. The topological polar surface area (TPSA) is 124 Å². The summed E-state index contributed by atoms with van der Waals surface area (Å²) in [5, 5.41) is 11.8. The number of nitrogens with one attached hydrogen (secondary N) is 1. The van der Waals surface area contributed by atoms with Gasteiger partial charge < -0.3 is 10.5 Å². The van der Waals surface area contributed by atoms with Crippen LogP contribution in [0.15, 0.2) is 23.1 Å². The van der Waals surface area contributed by atoms with Crippen molar-refractivity contribution in [2.45, 2.75) is 18.7 Å². The Labute approximate surface area is 110 Å². The molecule has 2 rings (SSSR count). The van der Waals surface area contributed by atoms with Crippen LogP contribution in [0.5, 0.6) is 11.6 Å². The summed E-state index contributed by atoms with van der Waals surface area (Å²) in [6, 6.07) is 4.50. The van der Waals surface area contributed by atoms with Crippen LogP contribution in [0.1, 0.15) is 11.3 Å². The second-order valence-electron chi connectivity index (χ2n) is 4.18. The van der Waals surface area contributed by atoms with Crippen molar-refractivity contribution >= 4 is 15.7 Å². The van der Waals surface area contributed by atoms with Gasteiger partial charge >= 0.3 is 0 Å². The molecule has 0 atom stereocenters. The Morgan fingerprint density at radius 3 is 2.47 bits per heavy atom. The number of aromatic nitrogens is 2. The molecule has 0 unspecified atom stereocenters. The van der Waals surface area contributed by atoms with E-state index in [9.17, 15) is 8.42 Å². The van der Waals surface area contributed by atoms with Gasteiger partial charge in [-0.15, -0.1) is 5.10 Å². The van der Waals surface area contributed by atoms with E-state index in [1.54, 1.807) is 13.0 Å². The number of aryl methyl sites for hydroxylation is 1. The number of nitrogen functional groups attached to an aromatic ring is 1. The number of hydrogen-bond donors (Lipinski definition) is 3. The predicted octanol–water partition coefficient (Wildman–Crippen LogP) is 1.05. The summed E-state index contributed by atoms with van der Waals surface area (Å²) in [6.45, 7) is 3.41. The first-order valence-electron chi connectivity index (χ1n) is 5.40. The van der Waals surface area contributed by atoms with Crippen LogP contribution in [0.3, 0.4) is 0 Å². The van der Waals surface area contributed by atoms with Gasteiger partial charge in [-0.2, -0.15) is 0 Å². The third-order valence-corrected chi connectivity index (χ3v) is 3.58. The van der Waals surface area contributed by atoms with E-state index in [0.717, 1.165) is 5.69 Å². The van der Waals surface area contributed by atoms with Gasteiger partial charge in [0.25, 0.3) is 0 Å². The second kappa shape index (κ2) is 4.56. The summed E-state index contributed by atoms with van der Waals surface area (Å²) in [4.78, 5) is -0.0604. The van der Waals surface area contributed by atoms with Gasteiger partial charge in [0, 0.05) is 29.1 Å². The van der Waals surface area contributed by atoms with Gasteiger partial charge in [-0.3, -0.25) is 5.10 Å². The Balaban J connectivity index is 2.49. The molecule has 0 amide bonds. The zero-order valence-electron chi connectivity index (χ0n) is 10.5. The lowest BCUT2D eigenvalue weighted by atomic mass is 10.2. The fraction of sp³-hybridized carbons (Fsp3) is 0.182. The summed E-state index contributed by atoms with van der Waals surface area (Å²) in [5.41, 5.74) is 7.11. The summed E-state index contributed by atoms with van der Waals surface area (Å²) in [5.74, 6) is 0.627. The van der Waals surface area contributed by atoms with Crippen LogP contribution in [0.25, 0.3) is 0 Å². The van der Waals surface area contributed by atoms with Crippen molar-refractivity contribution in [3.8, 4) is 11.6 Å². The van der Waals surface area contributed by atoms with Crippen LogP contribution in [0, 0.1) is 13.8 Å². The van der Waals surface area contributed by atoms with Crippen LogP contribution in [0.2, 0.25) is 0 Å². The van der Waals surface area contributed by atoms with Gasteiger partial charge in [-0.1, -0.05) is 0 Å². The Kier molecular flexibility index (Phi) is 3.21. The molecule has 1 aromatic heterocycles. The number of H-pyrrole nitrogens is 1. The van der Waals surface area contributed by atoms with E-state index in [-0.39, 0.29) is 10.6 Å². The number of anilines is 1. The fourth-order valence-corrected chi connectivity index (χ4v) is 2.47. The normalized spacial score (nSPS) is 11.5. The molecule has 1 heterocycles. The first-order chi connectivity index (χ1) is 8.77. The van der Waals surface area contributed by atoms with E-state index in [2.05, 4.69) is 10.2 Å². The molecule has 0 spiro atoms. The molecule has 1 aromatic carbocycles.